The molecule has 5 heteroatoms. The van der Waals surface area contributed by atoms with E-state index in [1.165, 1.54) is 19.1 Å². The molecule has 86 valence electrons. The van der Waals surface area contributed by atoms with Gasteiger partial charge in [-0.25, -0.2) is 4.79 Å². The maximum Gasteiger partial charge on any atom is 0.335 e. The molecule has 1 aromatic carbocycles. The molecule has 1 atom stereocenters. The molecule has 0 aliphatic heterocycles. The Morgan fingerprint density at radius 3 is 2.12 bits per heavy atom. The van der Waals surface area contributed by atoms with Crippen molar-refractivity contribution in [2.45, 2.75) is 18.9 Å². The number of rotatable bonds is 4. The zero-order valence-electron chi connectivity index (χ0n) is 8.80. The minimum atomic E-state index is -1.34. The number of nitrogens with two attached hydrogens (primary N) is 1. The van der Waals surface area contributed by atoms with Gasteiger partial charge in [0.15, 0.2) is 0 Å². The minimum absolute atomic E-state index is 0.155. The van der Waals surface area contributed by atoms with Crippen LogP contribution >= 0.6 is 0 Å². The summed E-state index contributed by atoms with van der Waals surface area (Å²) < 4.78 is 0. The molecule has 0 aliphatic rings. The van der Waals surface area contributed by atoms with Gasteiger partial charge < -0.3 is 15.9 Å². The van der Waals surface area contributed by atoms with Crippen LogP contribution in [-0.2, 0) is 11.2 Å². The van der Waals surface area contributed by atoms with Crippen molar-refractivity contribution in [2.24, 2.45) is 5.73 Å². The van der Waals surface area contributed by atoms with E-state index in [-0.39, 0.29) is 12.0 Å². The summed E-state index contributed by atoms with van der Waals surface area (Å²) in [5, 5.41) is 17.5. The molecule has 0 heterocycles. The molecule has 0 bridgehead atoms. The Balaban J connectivity index is 2.84. The van der Waals surface area contributed by atoms with Gasteiger partial charge in [-0.1, -0.05) is 12.1 Å². The minimum Gasteiger partial charge on any atom is -0.480 e. The Morgan fingerprint density at radius 1 is 1.25 bits per heavy atom. The lowest BCUT2D eigenvalue weighted by Gasteiger charge is -2.18. The third kappa shape index (κ3) is 2.80. The van der Waals surface area contributed by atoms with Gasteiger partial charge in [-0.2, -0.15) is 0 Å². The van der Waals surface area contributed by atoms with Gasteiger partial charge in [-0.05, 0) is 24.6 Å². The van der Waals surface area contributed by atoms with Crippen molar-refractivity contribution in [3.63, 3.8) is 0 Å². The standard InChI is InChI=1S/C11H13NO4/c1-11(12,10(15)16)6-7-2-4-8(5-3-7)9(13)14/h2-5H,6,12H2,1H3,(H,13,14)(H,15,16)/t11-/m0/s1. The summed E-state index contributed by atoms with van der Waals surface area (Å²) in [6, 6.07) is 5.99. The molecule has 0 amide bonds. The fourth-order valence-corrected chi connectivity index (χ4v) is 1.26. The van der Waals surface area contributed by atoms with E-state index >= 15 is 0 Å². The van der Waals surface area contributed by atoms with Gasteiger partial charge in [0.2, 0.25) is 0 Å². The van der Waals surface area contributed by atoms with Gasteiger partial charge in [0.05, 0.1) is 5.56 Å². The largest absolute Gasteiger partial charge is 0.480 e. The molecule has 4 N–H and O–H groups in total. The van der Waals surface area contributed by atoms with Crippen LogP contribution in [0.4, 0.5) is 0 Å². The molecule has 0 aliphatic carbocycles. The van der Waals surface area contributed by atoms with Crippen molar-refractivity contribution in [3.05, 3.63) is 35.4 Å². The molecular weight excluding hydrogens is 210 g/mol. The Labute approximate surface area is 92.5 Å². The van der Waals surface area contributed by atoms with E-state index < -0.39 is 17.5 Å². The van der Waals surface area contributed by atoms with Crippen LogP contribution in [0.5, 0.6) is 0 Å². The fourth-order valence-electron chi connectivity index (χ4n) is 1.26. The summed E-state index contributed by atoms with van der Waals surface area (Å²) in [6.07, 6.45) is 0.155. The second kappa shape index (κ2) is 4.32. The molecule has 0 unspecified atom stereocenters. The van der Waals surface area contributed by atoms with Gasteiger partial charge >= 0.3 is 11.9 Å². The number of carbonyl (C=O) groups is 2. The summed E-state index contributed by atoms with van der Waals surface area (Å²) in [5.41, 5.74) is 5.09. The maximum absolute atomic E-state index is 10.8. The average molecular weight is 223 g/mol. The second-order valence-electron chi connectivity index (χ2n) is 3.90. The van der Waals surface area contributed by atoms with Crippen molar-refractivity contribution < 1.29 is 19.8 Å². The molecule has 0 saturated heterocycles. The van der Waals surface area contributed by atoms with Crippen LogP contribution in [-0.4, -0.2) is 27.7 Å². The van der Waals surface area contributed by atoms with Crippen LogP contribution in [0.2, 0.25) is 0 Å². The summed E-state index contributed by atoms with van der Waals surface area (Å²) in [7, 11) is 0. The van der Waals surface area contributed by atoms with Crippen molar-refractivity contribution in [3.8, 4) is 0 Å². The number of hydrogen-bond donors (Lipinski definition) is 3. The third-order valence-corrected chi connectivity index (χ3v) is 2.26. The molecule has 0 aromatic heterocycles. The van der Waals surface area contributed by atoms with Gasteiger partial charge in [0, 0.05) is 6.42 Å². The lowest BCUT2D eigenvalue weighted by Crippen LogP contribution is -2.46. The molecule has 16 heavy (non-hydrogen) atoms. The third-order valence-electron chi connectivity index (χ3n) is 2.26. The first-order valence-electron chi connectivity index (χ1n) is 4.67. The SMILES string of the molecule is C[C@](N)(Cc1ccc(C(=O)O)cc1)C(=O)O. The Hall–Kier alpha value is -1.88. The first-order chi connectivity index (χ1) is 7.33. The molecular formula is C11H13NO4. The van der Waals surface area contributed by atoms with E-state index in [9.17, 15) is 9.59 Å². The van der Waals surface area contributed by atoms with Crippen LogP contribution in [0.15, 0.2) is 24.3 Å². The van der Waals surface area contributed by atoms with E-state index in [1.807, 2.05) is 0 Å². The van der Waals surface area contributed by atoms with Crippen LogP contribution in [0.25, 0.3) is 0 Å². The molecule has 1 aromatic rings. The first-order valence-corrected chi connectivity index (χ1v) is 4.67. The van der Waals surface area contributed by atoms with Crippen LogP contribution in [0.1, 0.15) is 22.8 Å². The molecule has 5 nitrogen and oxygen atoms in total. The highest BCUT2D eigenvalue weighted by Gasteiger charge is 2.27. The Bertz CT molecular complexity index is 408. The molecule has 0 spiro atoms. The normalized spacial score (nSPS) is 14.1. The van der Waals surface area contributed by atoms with Gasteiger partial charge in [-0.15, -0.1) is 0 Å². The van der Waals surface area contributed by atoms with E-state index in [0.717, 1.165) is 0 Å². The van der Waals surface area contributed by atoms with Crippen LogP contribution in [0, 0.1) is 0 Å². The van der Waals surface area contributed by atoms with Gasteiger partial charge in [0.1, 0.15) is 5.54 Å². The topological polar surface area (TPSA) is 101 Å². The number of hydrogen-bond acceptors (Lipinski definition) is 3. The predicted molar refractivity (Wildman–Crippen MR) is 57.3 cm³/mol. The smallest absolute Gasteiger partial charge is 0.335 e. The Morgan fingerprint density at radius 2 is 1.75 bits per heavy atom. The highest BCUT2D eigenvalue weighted by Crippen LogP contribution is 2.12. The summed E-state index contributed by atoms with van der Waals surface area (Å²) in [6.45, 7) is 1.42. The second-order valence-corrected chi connectivity index (χ2v) is 3.90. The summed E-state index contributed by atoms with van der Waals surface area (Å²) in [5.74, 6) is -2.10. The van der Waals surface area contributed by atoms with Gasteiger partial charge in [0.25, 0.3) is 0 Å². The quantitative estimate of drug-likeness (QED) is 0.698. The fraction of sp³-hybridized carbons (Fsp3) is 0.273. The highest BCUT2D eigenvalue weighted by atomic mass is 16.4. The van der Waals surface area contributed by atoms with Crippen molar-refractivity contribution in [1.82, 2.24) is 0 Å². The zero-order chi connectivity index (χ0) is 12.3. The van der Waals surface area contributed by atoms with Crippen LogP contribution in [0.3, 0.4) is 0 Å². The lowest BCUT2D eigenvalue weighted by atomic mass is 9.94. The average Bonchev–Trinajstić information content (AvgIpc) is 2.17. The summed E-state index contributed by atoms with van der Waals surface area (Å²) >= 11 is 0. The number of benzene rings is 1. The van der Waals surface area contributed by atoms with E-state index in [0.29, 0.717) is 5.56 Å². The van der Waals surface area contributed by atoms with E-state index in [4.69, 9.17) is 15.9 Å². The molecule has 1 rings (SSSR count). The monoisotopic (exact) mass is 223 g/mol. The lowest BCUT2D eigenvalue weighted by molar-refractivity contribution is -0.142. The van der Waals surface area contributed by atoms with Crippen molar-refractivity contribution in [1.29, 1.82) is 0 Å². The molecule has 0 radical (unpaired) electrons. The van der Waals surface area contributed by atoms with Crippen LogP contribution < -0.4 is 5.73 Å². The van der Waals surface area contributed by atoms with Gasteiger partial charge in [-0.3, -0.25) is 4.79 Å². The first kappa shape index (κ1) is 12.2. The molecule has 0 saturated carbocycles. The highest BCUT2D eigenvalue weighted by molar-refractivity contribution is 5.87. The van der Waals surface area contributed by atoms with E-state index in [1.54, 1.807) is 12.1 Å². The van der Waals surface area contributed by atoms with Crippen molar-refractivity contribution in [2.75, 3.05) is 0 Å². The summed E-state index contributed by atoms with van der Waals surface area (Å²) in [4.78, 5) is 21.4. The number of carboxylic acids is 2. The maximum atomic E-state index is 10.8. The van der Waals surface area contributed by atoms with E-state index in [2.05, 4.69) is 0 Å². The number of aliphatic carboxylic acids is 1. The number of aromatic carboxylic acids is 1. The Kier molecular flexibility index (Phi) is 3.29. The van der Waals surface area contributed by atoms with Crippen molar-refractivity contribution >= 4 is 11.9 Å². The predicted octanol–water partition coefficient (Wildman–Crippen LogP) is 0.729. The number of carboxylic acid groups (broad SMARTS) is 2. The molecule has 0 fully saturated rings. The zero-order valence-corrected chi connectivity index (χ0v) is 8.80.